The number of ether oxygens (including phenoxy) is 1. The van der Waals surface area contributed by atoms with Gasteiger partial charge in [-0.3, -0.25) is 9.69 Å². The molecule has 0 aliphatic heterocycles. The second-order valence-corrected chi connectivity index (χ2v) is 5.93. The minimum absolute atomic E-state index is 0.00419. The predicted molar refractivity (Wildman–Crippen MR) is 89.1 cm³/mol. The van der Waals surface area contributed by atoms with Crippen LogP contribution in [0.25, 0.3) is 0 Å². The van der Waals surface area contributed by atoms with Gasteiger partial charge in [-0.2, -0.15) is 0 Å². The van der Waals surface area contributed by atoms with Crippen LogP contribution in [0.2, 0.25) is 0 Å². The van der Waals surface area contributed by atoms with Gasteiger partial charge in [-0.05, 0) is 37.3 Å². The second-order valence-electron chi connectivity index (χ2n) is 5.19. The average molecular weight is 312 g/mol. The number of para-hydroxylation sites is 1. The van der Waals surface area contributed by atoms with Crippen LogP contribution in [-0.2, 0) is 22.4 Å². The first-order chi connectivity index (χ1) is 10.0. The molecule has 1 aromatic carbocycles. The number of halogens is 1. The normalized spacial score (nSPS) is 12.2. The van der Waals surface area contributed by atoms with E-state index in [-0.39, 0.29) is 18.0 Å². The number of carbonyl (C=O) groups excluding carboxylic acids is 1. The fourth-order valence-corrected chi connectivity index (χ4v) is 2.37. The Morgan fingerprint density at radius 3 is 2.29 bits per heavy atom. The van der Waals surface area contributed by atoms with E-state index in [0.29, 0.717) is 6.61 Å². The Morgan fingerprint density at radius 2 is 1.86 bits per heavy atom. The summed E-state index contributed by atoms with van der Waals surface area (Å²) in [5.74, 6) is 0.00419. The number of aryl methyl sites for hydroxylation is 2. The van der Waals surface area contributed by atoms with E-state index in [4.69, 9.17) is 16.3 Å². The maximum atomic E-state index is 12.0. The van der Waals surface area contributed by atoms with Gasteiger partial charge in [0.05, 0.1) is 12.3 Å². The molecule has 1 amide bonds. The lowest BCUT2D eigenvalue weighted by Crippen LogP contribution is -2.33. The fraction of sp³-hybridized carbons (Fsp3) is 0.588. The number of benzene rings is 1. The zero-order valence-electron chi connectivity index (χ0n) is 13.5. The van der Waals surface area contributed by atoms with Crippen molar-refractivity contribution in [1.82, 2.24) is 0 Å². The highest BCUT2D eigenvalue weighted by atomic mass is 35.5. The van der Waals surface area contributed by atoms with Crippen molar-refractivity contribution in [1.29, 1.82) is 0 Å². The highest BCUT2D eigenvalue weighted by Crippen LogP contribution is 2.27. The van der Waals surface area contributed by atoms with Gasteiger partial charge in [0.25, 0.3) is 0 Å². The van der Waals surface area contributed by atoms with E-state index in [2.05, 4.69) is 32.0 Å². The van der Waals surface area contributed by atoms with Crippen molar-refractivity contribution in [3.05, 3.63) is 29.3 Å². The molecule has 21 heavy (non-hydrogen) atoms. The molecule has 0 aromatic heterocycles. The lowest BCUT2D eigenvalue weighted by atomic mass is 10.0. The summed E-state index contributed by atoms with van der Waals surface area (Å²) >= 11 is 5.91. The van der Waals surface area contributed by atoms with Crippen LogP contribution < -0.4 is 4.90 Å². The second kappa shape index (κ2) is 9.06. The number of nitrogens with zero attached hydrogens (tertiary/aromatic N) is 1. The van der Waals surface area contributed by atoms with Crippen LogP contribution in [0.15, 0.2) is 18.2 Å². The molecular weight excluding hydrogens is 286 g/mol. The molecule has 1 aromatic rings. The van der Waals surface area contributed by atoms with Gasteiger partial charge < -0.3 is 4.74 Å². The quantitative estimate of drug-likeness (QED) is 0.410. The maximum Gasteiger partial charge on any atom is 0.225 e. The molecule has 4 heteroatoms. The molecular formula is C17H26ClNO2. The van der Waals surface area contributed by atoms with E-state index in [1.807, 2.05) is 6.92 Å². The van der Waals surface area contributed by atoms with Crippen molar-refractivity contribution < 1.29 is 9.53 Å². The van der Waals surface area contributed by atoms with E-state index in [9.17, 15) is 4.79 Å². The van der Waals surface area contributed by atoms with E-state index in [1.54, 1.807) is 11.8 Å². The molecule has 0 saturated carbocycles. The Hall–Kier alpha value is -1.06. The predicted octanol–water partition coefficient (Wildman–Crippen LogP) is 4.16. The number of hydrogen-bond acceptors (Lipinski definition) is 2. The monoisotopic (exact) mass is 311 g/mol. The molecule has 0 spiro atoms. The first-order valence-electron chi connectivity index (χ1n) is 7.61. The summed E-state index contributed by atoms with van der Waals surface area (Å²) in [4.78, 5) is 13.8. The van der Waals surface area contributed by atoms with Crippen LogP contribution in [0, 0.1) is 0 Å². The van der Waals surface area contributed by atoms with Gasteiger partial charge in [-0.25, -0.2) is 0 Å². The number of hydrogen-bond donors (Lipinski definition) is 0. The summed E-state index contributed by atoms with van der Waals surface area (Å²) in [5, 5.41) is 0.0879. The topological polar surface area (TPSA) is 29.5 Å². The van der Waals surface area contributed by atoms with Gasteiger partial charge in [0.1, 0.15) is 6.73 Å². The molecule has 1 atom stereocenters. The first kappa shape index (κ1) is 18.0. The summed E-state index contributed by atoms with van der Waals surface area (Å²) in [5.41, 5.74) is 3.37. The Morgan fingerprint density at radius 1 is 1.29 bits per heavy atom. The molecule has 1 unspecified atom stereocenters. The Bertz CT molecular complexity index is 438. The third-order valence-electron chi connectivity index (χ3n) is 3.50. The zero-order chi connectivity index (χ0) is 15.8. The van der Waals surface area contributed by atoms with Gasteiger partial charge in [0.15, 0.2) is 0 Å². The van der Waals surface area contributed by atoms with Crippen molar-refractivity contribution in [2.75, 3.05) is 18.2 Å². The largest absolute Gasteiger partial charge is 0.361 e. The van der Waals surface area contributed by atoms with Crippen LogP contribution in [0.3, 0.4) is 0 Å². The van der Waals surface area contributed by atoms with Gasteiger partial charge in [-0.1, -0.05) is 32.0 Å². The summed E-state index contributed by atoms with van der Waals surface area (Å²) in [6.07, 6.45) is 2.57. The molecule has 0 saturated heterocycles. The highest BCUT2D eigenvalue weighted by Gasteiger charge is 2.18. The summed E-state index contributed by atoms with van der Waals surface area (Å²) < 4.78 is 5.64. The lowest BCUT2D eigenvalue weighted by molar-refractivity contribution is -0.117. The van der Waals surface area contributed by atoms with Crippen LogP contribution >= 0.6 is 11.6 Å². The fourth-order valence-electron chi connectivity index (χ4n) is 2.28. The van der Waals surface area contributed by atoms with Crippen LogP contribution in [0.5, 0.6) is 0 Å². The summed E-state index contributed by atoms with van der Waals surface area (Å²) in [6, 6.07) is 6.20. The first-order valence-corrected chi connectivity index (χ1v) is 8.05. The van der Waals surface area contributed by atoms with Gasteiger partial charge in [-0.15, -0.1) is 11.6 Å². The van der Waals surface area contributed by atoms with Gasteiger partial charge >= 0.3 is 0 Å². The third kappa shape index (κ3) is 5.33. The molecule has 0 radical (unpaired) electrons. The average Bonchev–Trinajstić information content (AvgIpc) is 2.46. The molecule has 1 rings (SSSR count). The molecule has 0 aliphatic rings. The van der Waals surface area contributed by atoms with E-state index in [0.717, 1.165) is 24.9 Å². The number of carbonyl (C=O) groups is 1. The highest BCUT2D eigenvalue weighted by molar-refractivity contribution is 6.20. The summed E-state index contributed by atoms with van der Waals surface area (Å²) in [7, 11) is 0. The SMILES string of the molecule is CCc1cccc(CC)c1N(COCCC(C)Cl)C(C)=O. The minimum Gasteiger partial charge on any atom is -0.361 e. The molecule has 3 nitrogen and oxygen atoms in total. The van der Waals surface area contributed by atoms with E-state index < -0.39 is 0 Å². The van der Waals surface area contributed by atoms with Gasteiger partial charge in [0.2, 0.25) is 5.91 Å². The number of anilines is 1. The number of alkyl halides is 1. The number of amides is 1. The van der Waals surface area contributed by atoms with Crippen molar-refractivity contribution in [3.8, 4) is 0 Å². The minimum atomic E-state index is 0.00419. The zero-order valence-corrected chi connectivity index (χ0v) is 14.2. The Labute approximate surface area is 133 Å². The molecule has 0 N–H and O–H groups in total. The third-order valence-corrected chi connectivity index (χ3v) is 3.71. The Balaban J connectivity index is 2.92. The molecule has 0 aliphatic carbocycles. The molecule has 0 heterocycles. The van der Waals surface area contributed by atoms with Gasteiger partial charge in [0, 0.05) is 12.3 Å². The van der Waals surface area contributed by atoms with Crippen LogP contribution in [-0.4, -0.2) is 24.6 Å². The van der Waals surface area contributed by atoms with Crippen LogP contribution in [0.1, 0.15) is 45.2 Å². The summed E-state index contributed by atoms with van der Waals surface area (Å²) in [6.45, 7) is 8.57. The van der Waals surface area contributed by atoms with Crippen molar-refractivity contribution in [2.45, 2.75) is 52.3 Å². The van der Waals surface area contributed by atoms with Crippen LogP contribution in [0.4, 0.5) is 5.69 Å². The number of rotatable bonds is 8. The smallest absolute Gasteiger partial charge is 0.225 e. The molecule has 0 fully saturated rings. The lowest BCUT2D eigenvalue weighted by Gasteiger charge is -2.26. The maximum absolute atomic E-state index is 12.0. The molecule has 0 bridgehead atoms. The standard InChI is InChI=1S/C17H26ClNO2/c1-5-15-8-7-9-16(6-2)17(15)19(14(4)20)12-21-11-10-13(3)18/h7-9,13H,5-6,10-12H2,1-4H3. The van der Waals surface area contributed by atoms with Crippen molar-refractivity contribution in [2.24, 2.45) is 0 Å². The van der Waals surface area contributed by atoms with Crippen molar-refractivity contribution in [3.63, 3.8) is 0 Å². The van der Waals surface area contributed by atoms with E-state index >= 15 is 0 Å². The van der Waals surface area contributed by atoms with Crippen molar-refractivity contribution >= 4 is 23.2 Å². The molecule has 118 valence electrons. The Kier molecular flexibility index (Phi) is 7.76. The van der Waals surface area contributed by atoms with E-state index in [1.165, 1.54) is 11.1 Å².